The topological polar surface area (TPSA) is 32.3 Å². The second-order valence-electron chi connectivity index (χ2n) is 8.01. The van der Waals surface area contributed by atoms with Crippen LogP contribution in [0.1, 0.15) is 44.2 Å². The van der Waals surface area contributed by atoms with E-state index in [0.29, 0.717) is 5.02 Å². The van der Waals surface area contributed by atoms with Crippen molar-refractivity contribution in [2.45, 2.75) is 44.1 Å². The molecule has 1 aliphatic heterocycles. The van der Waals surface area contributed by atoms with Crippen molar-refractivity contribution in [3.8, 4) is 0 Å². The Kier molecular flexibility index (Phi) is 5.92. The second kappa shape index (κ2) is 8.04. The standard InChI is InChI=1S/C23H29ClN2O/c1-22(2)14-7-16-26(22)17-15-23(21(27)25-3,18-8-5-4-6-9-18)19-10-12-20(24)13-11-19/h4-6,8-13H,7,14-17H2,1-3H3,(H,25,27). The van der Waals surface area contributed by atoms with Gasteiger partial charge in [-0.2, -0.15) is 0 Å². The Morgan fingerprint density at radius 3 is 2.30 bits per heavy atom. The number of rotatable bonds is 6. The van der Waals surface area contributed by atoms with Crippen molar-refractivity contribution in [2.75, 3.05) is 20.1 Å². The first-order valence-electron chi connectivity index (χ1n) is 9.69. The summed E-state index contributed by atoms with van der Waals surface area (Å²) in [5.41, 5.74) is 1.45. The largest absolute Gasteiger partial charge is 0.358 e. The fourth-order valence-electron chi connectivity index (χ4n) is 4.38. The predicted molar refractivity (Wildman–Crippen MR) is 112 cm³/mol. The van der Waals surface area contributed by atoms with E-state index in [-0.39, 0.29) is 11.4 Å². The monoisotopic (exact) mass is 384 g/mol. The summed E-state index contributed by atoms with van der Waals surface area (Å²) in [4.78, 5) is 15.8. The van der Waals surface area contributed by atoms with E-state index in [2.05, 4.69) is 36.2 Å². The van der Waals surface area contributed by atoms with E-state index in [4.69, 9.17) is 11.6 Å². The van der Waals surface area contributed by atoms with Gasteiger partial charge in [0.2, 0.25) is 5.91 Å². The molecule has 3 nitrogen and oxygen atoms in total. The number of nitrogens with one attached hydrogen (secondary N) is 1. The van der Waals surface area contributed by atoms with Crippen LogP contribution in [0.4, 0.5) is 0 Å². The third kappa shape index (κ3) is 3.90. The van der Waals surface area contributed by atoms with E-state index in [1.54, 1.807) is 7.05 Å². The predicted octanol–water partition coefficient (Wildman–Crippen LogP) is 4.64. The zero-order chi connectivity index (χ0) is 19.5. The van der Waals surface area contributed by atoms with Gasteiger partial charge < -0.3 is 5.32 Å². The summed E-state index contributed by atoms with van der Waals surface area (Å²) in [7, 11) is 1.72. The molecule has 3 rings (SSSR count). The molecule has 1 fully saturated rings. The van der Waals surface area contributed by atoms with Gasteiger partial charge in [0.1, 0.15) is 5.41 Å². The minimum absolute atomic E-state index is 0.0213. The van der Waals surface area contributed by atoms with E-state index in [1.807, 2.05) is 42.5 Å². The van der Waals surface area contributed by atoms with E-state index >= 15 is 0 Å². The minimum atomic E-state index is -0.737. The highest BCUT2D eigenvalue weighted by Crippen LogP contribution is 2.38. The Balaban J connectivity index is 2.06. The average Bonchev–Trinajstić information content (AvgIpc) is 3.02. The van der Waals surface area contributed by atoms with Gasteiger partial charge in [0, 0.05) is 24.2 Å². The van der Waals surface area contributed by atoms with E-state index < -0.39 is 5.41 Å². The van der Waals surface area contributed by atoms with Gasteiger partial charge in [0.05, 0.1) is 0 Å². The average molecular weight is 385 g/mol. The summed E-state index contributed by atoms with van der Waals surface area (Å²) in [5.74, 6) is 0.0213. The van der Waals surface area contributed by atoms with E-state index in [1.165, 1.54) is 12.8 Å². The van der Waals surface area contributed by atoms with Crippen LogP contribution in [0, 0.1) is 0 Å². The Bertz CT molecular complexity index is 773. The molecule has 1 N–H and O–H groups in total. The van der Waals surface area contributed by atoms with Crippen LogP contribution in [-0.2, 0) is 10.2 Å². The minimum Gasteiger partial charge on any atom is -0.358 e. The molecular weight excluding hydrogens is 356 g/mol. The number of hydrogen-bond donors (Lipinski definition) is 1. The molecule has 1 aliphatic rings. The molecule has 1 atom stereocenters. The lowest BCUT2D eigenvalue weighted by atomic mass is 9.71. The zero-order valence-corrected chi connectivity index (χ0v) is 17.2. The summed E-state index contributed by atoms with van der Waals surface area (Å²) in [6.45, 7) is 6.56. The molecule has 0 aliphatic carbocycles. The third-order valence-electron chi connectivity index (χ3n) is 6.05. The number of nitrogens with zero attached hydrogens (tertiary/aromatic N) is 1. The quantitative estimate of drug-likeness (QED) is 0.787. The van der Waals surface area contributed by atoms with Crippen LogP contribution < -0.4 is 5.32 Å². The number of likely N-dealkylation sites (tertiary alicyclic amines) is 1. The van der Waals surface area contributed by atoms with Crippen LogP contribution in [0.5, 0.6) is 0 Å². The van der Waals surface area contributed by atoms with Crippen molar-refractivity contribution in [1.82, 2.24) is 10.2 Å². The number of likely N-dealkylation sites (N-methyl/N-ethyl adjacent to an activating group) is 1. The SMILES string of the molecule is CNC(=O)C(CCN1CCCC1(C)C)(c1ccccc1)c1ccc(Cl)cc1. The van der Waals surface area contributed by atoms with Gasteiger partial charge >= 0.3 is 0 Å². The fourth-order valence-corrected chi connectivity index (χ4v) is 4.51. The summed E-state index contributed by atoms with van der Waals surface area (Å²) >= 11 is 6.13. The second-order valence-corrected chi connectivity index (χ2v) is 8.45. The number of amides is 1. The van der Waals surface area contributed by atoms with Gasteiger partial charge in [-0.25, -0.2) is 0 Å². The van der Waals surface area contributed by atoms with Crippen molar-refractivity contribution in [3.05, 3.63) is 70.7 Å². The Morgan fingerprint density at radius 2 is 1.74 bits per heavy atom. The van der Waals surface area contributed by atoms with Gasteiger partial charge in [0.15, 0.2) is 0 Å². The van der Waals surface area contributed by atoms with Crippen LogP contribution >= 0.6 is 11.6 Å². The van der Waals surface area contributed by atoms with Gasteiger partial charge in [-0.15, -0.1) is 0 Å². The maximum Gasteiger partial charge on any atom is 0.234 e. The van der Waals surface area contributed by atoms with Crippen molar-refractivity contribution in [2.24, 2.45) is 0 Å². The molecule has 1 unspecified atom stereocenters. The molecule has 0 saturated carbocycles. The van der Waals surface area contributed by atoms with E-state index in [9.17, 15) is 4.79 Å². The van der Waals surface area contributed by atoms with E-state index in [0.717, 1.165) is 30.6 Å². The molecule has 0 aromatic heterocycles. The lowest BCUT2D eigenvalue weighted by molar-refractivity contribution is -0.125. The number of hydrogen-bond acceptors (Lipinski definition) is 2. The highest BCUT2D eigenvalue weighted by atomic mass is 35.5. The molecule has 2 aromatic rings. The smallest absolute Gasteiger partial charge is 0.234 e. The molecule has 4 heteroatoms. The molecule has 1 heterocycles. The first-order chi connectivity index (χ1) is 12.9. The number of halogens is 1. The number of carbonyl (C=O) groups is 1. The first-order valence-corrected chi connectivity index (χ1v) is 10.1. The molecule has 1 saturated heterocycles. The van der Waals surface area contributed by atoms with Gasteiger partial charge in [-0.05, 0) is 62.9 Å². The normalized spacial score (nSPS) is 18.8. The van der Waals surface area contributed by atoms with Crippen LogP contribution in [0.3, 0.4) is 0 Å². The summed E-state index contributed by atoms with van der Waals surface area (Å²) in [5, 5.41) is 3.60. The molecule has 1 amide bonds. The summed E-state index contributed by atoms with van der Waals surface area (Å²) in [6, 6.07) is 17.8. The van der Waals surface area contributed by atoms with Gasteiger partial charge in [-0.3, -0.25) is 9.69 Å². The molecule has 27 heavy (non-hydrogen) atoms. The fraction of sp³-hybridized carbons (Fsp3) is 0.435. The maximum absolute atomic E-state index is 13.3. The molecule has 2 aromatic carbocycles. The van der Waals surface area contributed by atoms with Crippen LogP contribution in [0.15, 0.2) is 54.6 Å². The lowest BCUT2D eigenvalue weighted by Gasteiger charge is -2.38. The van der Waals surface area contributed by atoms with Crippen molar-refractivity contribution in [1.29, 1.82) is 0 Å². The Hall–Kier alpha value is -1.84. The van der Waals surface area contributed by atoms with Crippen LogP contribution in [-0.4, -0.2) is 36.5 Å². The van der Waals surface area contributed by atoms with Crippen LogP contribution in [0.2, 0.25) is 5.02 Å². The Morgan fingerprint density at radius 1 is 1.11 bits per heavy atom. The molecule has 144 valence electrons. The molecular formula is C23H29ClN2O. The number of benzene rings is 2. The highest BCUT2D eigenvalue weighted by Gasteiger charge is 2.43. The highest BCUT2D eigenvalue weighted by molar-refractivity contribution is 6.30. The van der Waals surface area contributed by atoms with Crippen molar-refractivity contribution in [3.63, 3.8) is 0 Å². The van der Waals surface area contributed by atoms with Crippen molar-refractivity contribution < 1.29 is 4.79 Å². The molecule has 0 radical (unpaired) electrons. The Labute approximate surface area is 167 Å². The molecule has 0 bridgehead atoms. The van der Waals surface area contributed by atoms with Gasteiger partial charge in [-0.1, -0.05) is 54.1 Å². The third-order valence-corrected chi connectivity index (χ3v) is 6.30. The number of carbonyl (C=O) groups excluding carboxylic acids is 1. The van der Waals surface area contributed by atoms with Crippen LogP contribution in [0.25, 0.3) is 0 Å². The molecule has 0 spiro atoms. The first kappa shape index (κ1) is 19.9. The summed E-state index contributed by atoms with van der Waals surface area (Å²) in [6.07, 6.45) is 3.14. The summed E-state index contributed by atoms with van der Waals surface area (Å²) < 4.78 is 0. The van der Waals surface area contributed by atoms with Gasteiger partial charge in [0.25, 0.3) is 0 Å². The lowest BCUT2D eigenvalue weighted by Crippen LogP contribution is -2.48. The van der Waals surface area contributed by atoms with Crippen molar-refractivity contribution >= 4 is 17.5 Å². The zero-order valence-electron chi connectivity index (χ0n) is 16.5. The maximum atomic E-state index is 13.3.